The molecular formula is C15H22F3N3. The standard InChI is InChI=1S/C15H22F3N3/c1-3-7-19-13-9-12(15(16,17)18)10-14(20-13)21-8-5-4-6-11(21)2/h9-11H,3-8H2,1-2H3,(H,19,20). The maximum atomic E-state index is 13.1. The molecule has 1 N–H and O–H groups in total. The topological polar surface area (TPSA) is 28.2 Å². The molecular weight excluding hydrogens is 279 g/mol. The molecule has 1 fully saturated rings. The van der Waals surface area contributed by atoms with Gasteiger partial charge in [0.15, 0.2) is 0 Å². The molecule has 1 atom stereocenters. The summed E-state index contributed by atoms with van der Waals surface area (Å²) in [5.74, 6) is 0.732. The Bertz CT molecular complexity index is 474. The number of rotatable bonds is 4. The predicted molar refractivity (Wildman–Crippen MR) is 78.7 cm³/mol. The predicted octanol–water partition coefficient (Wildman–Crippen LogP) is 4.30. The van der Waals surface area contributed by atoms with Crippen LogP contribution < -0.4 is 10.2 Å². The molecule has 3 nitrogen and oxygen atoms in total. The molecule has 1 unspecified atom stereocenters. The number of hydrogen-bond donors (Lipinski definition) is 1. The summed E-state index contributed by atoms with van der Waals surface area (Å²) in [6.07, 6.45) is -0.389. The lowest BCUT2D eigenvalue weighted by Gasteiger charge is -2.35. The lowest BCUT2D eigenvalue weighted by molar-refractivity contribution is -0.137. The number of hydrogen-bond acceptors (Lipinski definition) is 3. The van der Waals surface area contributed by atoms with Gasteiger partial charge in [0.1, 0.15) is 11.6 Å². The van der Waals surface area contributed by atoms with Crippen molar-refractivity contribution >= 4 is 11.6 Å². The summed E-state index contributed by atoms with van der Waals surface area (Å²) in [6.45, 7) is 5.39. The van der Waals surface area contributed by atoms with Gasteiger partial charge in [-0.2, -0.15) is 13.2 Å². The fourth-order valence-electron chi connectivity index (χ4n) is 2.61. The van der Waals surface area contributed by atoms with Gasteiger partial charge in [-0.1, -0.05) is 6.92 Å². The second-order valence-corrected chi connectivity index (χ2v) is 5.56. The number of alkyl halides is 3. The van der Waals surface area contributed by atoms with Crippen LogP contribution in [0.15, 0.2) is 12.1 Å². The summed E-state index contributed by atoms with van der Waals surface area (Å²) < 4.78 is 39.2. The van der Waals surface area contributed by atoms with Gasteiger partial charge in [0.25, 0.3) is 0 Å². The van der Waals surface area contributed by atoms with E-state index >= 15 is 0 Å². The molecule has 0 aliphatic carbocycles. The smallest absolute Gasteiger partial charge is 0.370 e. The van der Waals surface area contributed by atoms with E-state index in [4.69, 9.17) is 0 Å². The van der Waals surface area contributed by atoms with E-state index in [0.717, 1.165) is 38.3 Å². The van der Waals surface area contributed by atoms with Crippen LogP contribution in [0.2, 0.25) is 0 Å². The summed E-state index contributed by atoms with van der Waals surface area (Å²) in [5.41, 5.74) is -0.635. The lowest BCUT2D eigenvalue weighted by Crippen LogP contribution is -2.38. The zero-order valence-corrected chi connectivity index (χ0v) is 12.5. The first kappa shape index (κ1) is 15.9. The molecule has 6 heteroatoms. The van der Waals surface area contributed by atoms with E-state index in [1.54, 1.807) is 0 Å². The van der Waals surface area contributed by atoms with Crippen molar-refractivity contribution in [2.24, 2.45) is 0 Å². The highest BCUT2D eigenvalue weighted by Gasteiger charge is 2.33. The second-order valence-electron chi connectivity index (χ2n) is 5.56. The molecule has 1 aromatic heterocycles. The Morgan fingerprint density at radius 2 is 2.10 bits per heavy atom. The van der Waals surface area contributed by atoms with Crippen molar-refractivity contribution in [2.75, 3.05) is 23.3 Å². The Morgan fingerprint density at radius 1 is 1.33 bits per heavy atom. The summed E-state index contributed by atoms with van der Waals surface area (Å²) in [7, 11) is 0. The van der Waals surface area contributed by atoms with Crippen molar-refractivity contribution in [2.45, 2.75) is 51.7 Å². The molecule has 0 spiro atoms. The number of anilines is 2. The highest BCUT2D eigenvalue weighted by Crippen LogP contribution is 2.34. The van der Waals surface area contributed by atoms with Gasteiger partial charge in [-0.25, -0.2) is 4.98 Å². The quantitative estimate of drug-likeness (QED) is 0.898. The van der Waals surface area contributed by atoms with Crippen molar-refractivity contribution in [3.63, 3.8) is 0 Å². The molecule has 2 rings (SSSR count). The van der Waals surface area contributed by atoms with Gasteiger partial charge in [0.05, 0.1) is 5.56 Å². The van der Waals surface area contributed by atoms with Crippen LogP contribution in [0.5, 0.6) is 0 Å². The normalized spacial score (nSPS) is 19.7. The van der Waals surface area contributed by atoms with E-state index in [9.17, 15) is 13.2 Å². The Morgan fingerprint density at radius 3 is 2.71 bits per heavy atom. The second kappa shape index (κ2) is 6.54. The van der Waals surface area contributed by atoms with Crippen molar-refractivity contribution in [1.82, 2.24) is 4.98 Å². The van der Waals surface area contributed by atoms with Gasteiger partial charge >= 0.3 is 6.18 Å². The fourth-order valence-corrected chi connectivity index (χ4v) is 2.61. The highest BCUT2D eigenvalue weighted by molar-refractivity contribution is 5.52. The van der Waals surface area contributed by atoms with Crippen LogP contribution in [0.1, 0.15) is 45.1 Å². The van der Waals surface area contributed by atoms with Crippen LogP contribution >= 0.6 is 0 Å². The number of aromatic nitrogens is 1. The molecule has 0 saturated carbocycles. The minimum atomic E-state index is -4.35. The van der Waals surface area contributed by atoms with Crippen LogP contribution in [0.25, 0.3) is 0 Å². The van der Waals surface area contributed by atoms with Crippen LogP contribution in [0, 0.1) is 0 Å². The summed E-state index contributed by atoms with van der Waals surface area (Å²) in [6, 6.07) is 2.49. The first-order valence-corrected chi connectivity index (χ1v) is 7.51. The highest BCUT2D eigenvalue weighted by atomic mass is 19.4. The number of pyridine rings is 1. The van der Waals surface area contributed by atoms with Crippen LogP contribution in [0.4, 0.5) is 24.8 Å². The Balaban J connectivity index is 2.34. The van der Waals surface area contributed by atoms with Gasteiger partial charge in [-0.3, -0.25) is 0 Å². The average molecular weight is 301 g/mol. The molecule has 0 radical (unpaired) electrons. The summed E-state index contributed by atoms with van der Waals surface area (Å²) >= 11 is 0. The zero-order valence-electron chi connectivity index (χ0n) is 12.5. The molecule has 118 valence electrons. The van der Waals surface area contributed by atoms with Crippen molar-refractivity contribution < 1.29 is 13.2 Å². The van der Waals surface area contributed by atoms with E-state index in [1.165, 1.54) is 6.07 Å². The molecule has 0 bridgehead atoms. The lowest BCUT2D eigenvalue weighted by atomic mass is 10.0. The molecule has 2 heterocycles. The van der Waals surface area contributed by atoms with E-state index in [0.29, 0.717) is 18.2 Å². The van der Waals surface area contributed by atoms with Crippen LogP contribution in [-0.2, 0) is 6.18 Å². The van der Waals surface area contributed by atoms with Gasteiger partial charge in [0, 0.05) is 19.1 Å². The Labute approximate surface area is 123 Å². The molecule has 1 aromatic rings. The van der Waals surface area contributed by atoms with E-state index in [-0.39, 0.29) is 6.04 Å². The monoisotopic (exact) mass is 301 g/mol. The minimum Gasteiger partial charge on any atom is -0.370 e. The molecule has 21 heavy (non-hydrogen) atoms. The van der Waals surface area contributed by atoms with E-state index < -0.39 is 11.7 Å². The van der Waals surface area contributed by atoms with Gasteiger partial charge in [-0.05, 0) is 44.7 Å². The van der Waals surface area contributed by atoms with Gasteiger partial charge in [-0.15, -0.1) is 0 Å². The number of nitrogens with one attached hydrogen (secondary N) is 1. The molecule has 1 saturated heterocycles. The summed E-state index contributed by atoms with van der Waals surface area (Å²) in [4.78, 5) is 6.36. The third-order valence-electron chi connectivity index (χ3n) is 3.79. The first-order valence-electron chi connectivity index (χ1n) is 7.51. The zero-order chi connectivity index (χ0) is 15.5. The molecule has 1 aliphatic rings. The van der Waals surface area contributed by atoms with E-state index in [1.807, 2.05) is 18.7 Å². The van der Waals surface area contributed by atoms with Gasteiger partial charge < -0.3 is 10.2 Å². The largest absolute Gasteiger partial charge is 0.416 e. The van der Waals surface area contributed by atoms with Crippen LogP contribution in [0.3, 0.4) is 0 Å². The van der Waals surface area contributed by atoms with Crippen molar-refractivity contribution in [3.05, 3.63) is 17.7 Å². The average Bonchev–Trinajstić information content (AvgIpc) is 2.44. The first-order chi connectivity index (χ1) is 9.91. The third-order valence-corrected chi connectivity index (χ3v) is 3.79. The third kappa shape index (κ3) is 4.02. The van der Waals surface area contributed by atoms with Crippen LogP contribution in [-0.4, -0.2) is 24.1 Å². The van der Waals surface area contributed by atoms with E-state index in [2.05, 4.69) is 10.3 Å². The number of piperidine rings is 1. The fraction of sp³-hybridized carbons (Fsp3) is 0.667. The maximum Gasteiger partial charge on any atom is 0.416 e. The van der Waals surface area contributed by atoms with Crippen molar-refractivity contribution in [3.8, 4) is 0 Å². The Hall–Kier alpha value is -1.46. The Kier molecular flexibility index (Phi) is 4.96. The number of halogens is 3. The summed E-state index contributed by atoms with van der Waals surface area (Å²) in [5, 5.41) is 2.96. The molecule has 0 aromatic carbocycles. The SMILES string of the molecule is CCCNc1cc(C(F)(F)F)cc(N2CCCCC2C)n1. The van der Waals surface area contributed by atoms with Gasteiger partial charge in [0.2, 0.25) is 0 Å². The molecule has 0 amide bonds. The number of nitrogens with zero attached hydrogens (tertiary/aromatic N) is 2. The maximum absolute atomic E-state index is 13.1. The van der Waals surface area contributed by atoms with Crippen molar-refractivity contribution in [1.29, 1.82) is 0 Å². The minimum absolute atomic E-state index is 0.230. The molecule has 1 aliphatic heterocycles.